The molecule has 1 aliphatic heterocycles. The molecule has 0 aliphatic carbocycles. The van der Waals surface area contributed by atoms with Crippen LogP contribution in [0.2, 0.25) is 0 Å². The molecule has 0 aromatic heterocycles. The molecule has 0 saturated carbocycles. The van der Waals surface area contributed by atoms with E-state index in [2.05, 4.69) is 27.9 Å². The number of benzene rings is 3. The summed E-state index contributed by atoms with van der Waals surface area (Å²) >= 11 is 2.12. The molecule has 0 radical (unpaired) electrons. The molecule has 0 atom stereocenters. The van der Waals surface area contributed by atoms with Crippen molar-refractivity contribution in [3.05, 3.63) is 109 Å². The average Bonchev–Trinajstić information content (AvgIpc) is 3.06. The van der Waals surface area contributed by atoms with Crippen LogP contribution in [0.5, 0.6) is 5.75 Å². The van der Waals surface area contributed by atoms with Crippen LogP contribution in [0.15, 0.2) is 78.5 Å². The van der Waals surface area contributed by atoms with Gasteiger partial charge < -0.3 is 10.1 Å². The zero-order valence-electron chi connectivity index (χ0n) is 17.2. The fraction of sp³-hybridized carbons (Fsp3) is 0.0833. The second kappa shape index (κ2) is 9.82. The number of nitro groups is 1. The lowest BCUT2D eigenvalue weighted by Gasteiger charge is -2.11. The summed E-state index contributed by atoms with van der Waals surface area (Å²) in [6.07, 6.45) is 1.62. The van der Waals surface area contributed by atoms with Crippen molar-refractivity contribution >= 4 is 46.3 Å². The van der Waals surface area contributed by atoms with Crippen LogP contribution in [-0.4, -0.2) is 21.8 Å². The number of nitrogens with zero attached hydrogens (tertiary/aromatic N) is 2. The predicted molar refractivity (Wildman–Crippen MR) is 130 cm³/mol. The number of nitrogens with one attached hydrogen (secondary N) is 1. The highest BCUT2D eigenvalue weighted by atomic mass is 127. The maximum Gasteiger partial charge on any atom is 0.329 e. The van der Waals surface area contributed by atoms with E-state index in [-0.39, 0.29) is 30.4 Å². The first-order valence-corrected chi connectivity index (χ1v) is 11.0. The van der Waals surface area contributed by atoms with E-state index in [9.17, 15) is 19.7 Å². The molecule has 9 heteroatoms. The van der Waals surface area contributed by atoms with E-state index in [1.54, 1.807) is 30.3 Å². The summed E-state index contributed by atoms with van der Waals surface area (Å²) < 4.78 is 6.61. The number of halogens is 1. The first-order chi connectivity index (χ1) is 15.9. The van der Waals surface area contributed by atoms with Crippen LogP contribution in [0.25, 0.3) is 6.08 Å². The van der Waals surface area contributed by atoms with Gasteiger partial charge in [0.25, 0.3) is 11.6 Å². The molecule has 4 rings (SSSR count). The van der Waals surface area contributed by atoms with Gasteiger partial charge in [0.2, 0.25) is 0 Å². The molecular weight excluding hydrogens is 537 g/mol. The van der Waals surface area contributed by atoms with Gasteiger partial charge >= 0.3 is 6.03 Å². The fourth-order valence-corrected chi connectivity index (χ4v) is 3.99. The van der Waals surface area contributed by atoms with E-state index in [1.165, 1.54) is 17.0 Å². The number of carbonyl (C=O) groups is 2. The minimum Gasteiger partial charge on any atom is -0.488 e. The lowest BCUT2D eigenvalue weighted by Crippen LogP contribution is -2.30. The van der Waals surface area contributed by atoms with Gasteiger partial charge in [0, 0.05) is 12.1 Å². The number of amides is 3. The standard InChI is InChI=1S/C24H18IN3O5/c25-20-12-17(9-10-22(20)33-15-18-7-4-8-19(11-18)28(31)32)13-21-23(29)27(24(30)26-21)14-16-5-2-1-3-6-16/h1-13H,14-15H2,(H,26,30)/b21-13+. The van der Waals surface area contributed by atoms with Gasteiger partial charge in [-0.15, -0.1) is 0 Å². The summed E-state index contributed by atoms with van der Waals surface area (Å²) in [7, 11) is 0. The Morgan fingerprint density at radius 2 is 1.76 bits per heavy atom. The molecule has 1 N–H and O–H groups in total. The number of urea groups is 1. The molecule has 3 amide bonds. The molecule has 8 nitrogen and oxygen atoms in total. The molecular formula is C24H18IN3O5. The zero-order valence-corrected chi connectivity index (χ0v) is 19.4. The number of non-ortho nitro benzene ring substituents is 1. The summed E-state index contributed by atoms with van der Waals surface area (Å²) in [5.41, 5.74) is 2.49. The van der Waals surface area contributed by atoms with Crippen LogP contribution in [0, 0.1) is 13.7 Å². The number of nitro benzene ring substituents is 1. The Labute approximate surface area is 203 Å². The second-order valence-corrected chi connectivity index (χ2v) is 8.43. The zero-order chi connectivity index (χ0) is 23.4. The van der Waals surface area contributed by atoms with Crippen LogP contribution in [-0.2, 0) is 17.9 Å². The monoisotopic (exact) mass is 555 g/mol. The van der Waals surface area contributed by atoms with E-state index in [1.807, 2.05) is 36.4 Å². The number of imide groups is 1. The Kier molecular flexibility index (Phi) is 6.68. The molecule has 0 spiro atoms. The van der Waals surface area contributed by atoms with E-state index in [0.29, 0.717) is 11.3 Å². The first kappa shape index (κ1) is 22.5. The lowest BCUT2D eigenvalue weighted by molar-refractivity contribution is -0.384. The van der Waals surface area contributed by atoms with Crippen LogP contribution in [0.4, 0.5) is 10.5 Å². The third-order valence-electron chi connectivity index (χ3n) is 4.93. The Morgan fingerprint density at radius 1 is 1.00 bits per heavy atom. The maximum absolute atomic E-state index is 12.7. The van der Waals surface area contributed by atoms with Crippen molar-refractivity contribution in [3.63, 3.8) is 0 Å². The van der Waals surface area contributed by atoms with Crippen LogP contribution < -0.4 is 10.1 Å². The summed E-state index contributed by atoms with van der Waals surface area (Å²) in [5.74, 6) is 0.224. The highest BCUT2D eigenvalue weighted by molar-refractivity contribution is 14.1. The van der Waals surface area contributed by atoms with Gasteiger partial charge in [-0.1, -0.05) is 48.5 Å². The van der Waals surface area contributed by atoms with Crippen molar-refractivity contribution in [1.82, 2.24) is 10.2 Å². The molecule has 33 heavy (non-hydrogen) atoms. The van der Waals surface area contributed by atoms with Crippen molar-refractivity contribution < 1.29 is 19.2 Å². The Bertz CT molecular complexity index is 1260. The van der Waals surface area contributed by atoms with Crippen molar-refractivity contribution in [1.29, 1.82) is 0 Å². The van der Waals surface area contributed by atoms with Crippen molar-refractivity contribution in [2.45, 2.75) is 13.2 Å². The van der Waals surface area contributed by atoms with Crippen molar-refractivity contribution in [3.8, 4) is 5.75 Å². The van der Waals surface area contributed by atoms with Crippen molar-refractivity contribution in [2.24, 2.45) is 0 Å². The van der Waals surface area contributed by atoms with Gasteiger partial charge in [0.05, 0.1) is 15.0 Å². The summed E-state index contributed by atoms with van der Waals surface area (Å²) in [6, 6.07) is 20.5. The summed E-state index contributed by atoms with van der Waals surface area (Å²) in [6.45, 7) is 0.381. The normalized spacial score (nSPS) is 14.5. The van der Waals surface area contributed by atoms with Gasteiger partial charge in [-0.05, 0) is 57.5 Å². The fourth-order valence-electron chi connectivity index (χ4n) is 3.29. The predicted octanol–water partition coefficient (Wildman–Crippen LogP) is 4.87. The van der Waals surface area contributed by atoms with Gasteiger partial charge in [0.1, 0.15) is 18.1 Å². The van der Waals surface area contributed by atoms with E-state index < -0.39 is 11.0 Å². The highest BCUT2D eigenvalue weighted by Crippen LogP contribution is 2.26. The molecule has 1 heterocycles. The quantitative estimate of drug-likeness (QED) is 0.147. The number of rotatable bonds is 7. The molecule has 1 aliphatic rings. The number of carbonyl (C=O) groups excluding carboxylic acids is 2. The molecule has 166 valence electrons. The molecule has 3 aromatic rings. The third kappa shape index (κ3) is 5.37. The number of hydrogen-bond donors (Lipinski definition) is 1. The smallest absolute Gasteiger partial charge is 0.329 e. The highest BCUT2D eigenvalue weighted by Gasteiger charge is 2.33. The molecule has 0 unspecified atom stereocenters. The molecule has 0 bridgehead atoms. The minimum atomic E-state index is -0.457. The third-order valence-corrected chi connectivity index (χ3v) is 5.77. The van der Waals surface area contributed by atoms with E-state index >= 15 is 0 Å². The van der Waals surface area contributed by atoms with E-state index in [4.69, 9.17) is 4.74 Å². The second-order valence-electron chi connectivity index (χ2n) is 7.27. The molecule has 3 aromatic carbocycles. The Hall–Kier alpha value is -3.73. The Morgan fingerprint density at radius 3 is 2.48 bits per heavy atom. The van der Waals surface area contributed by atoms with E-state index in [0.717, 1.165) is 14.7 Å². The summed E-state index contributed by atoms with van der Waals surface area (Å²) in [4.78, 5) is 36.6. The maximum atomic E-state index is 12.7. The van der Waals surface area contributed by atoms with Crippen LogP contribution in [0.1, 0.15) is 16.7 Å². The Balaban J connectivity index is 1.44. The van der Waals surface area contributed by atoms with Crippen LogP contribution in [0.3, 0.4) is 0 Å². The van der Waals surface area contributed by atoms with Gasteiger partial charge in [-0.25, -0.2) is 4.79 Å². The molecule has 1 saturated heterocycles. The lowest BCUT2D eigenvalue weighted by atomic mass is 10.1. The topological polar surface area (TPSA) is 102 Å². The largest absolute Gasteiger partial charge is 0.488 e. The van der Waals surface area contributed by atoms with Crippen LogP contribution >= 0.6 is 22.6 Å². The van der Waals surface area contributed by atoms with Crippen molar-refractivity contribution in [2.75, 3.05) is 0 Å². The van der Waals surface area contributed by atoms with Gasteiger partial charge in [0.15, 0.2) is 0 Å². The molecule has 1 fully saturated rings. The van der Waals surface area contributed by atoms with Gasteiger partial charge in [-0.2, -0.15) is 0 Å². The number of hydrogen-bond acceptors (Lipinski definition) is 5. The minimum absolute atomic E-state index is 0.0114. The average molecular weight is 555 g/mol. The first-order valence-electron chi connectivity index (χ1n) is 9.95. The SMILES string of the molecule is O=C1N/C(=C/c2ccc(OCc3cccc([N+](=O)[O-])c3)c(I)c2)C(=O)N1Cc1ccccc1. The number of ether oxygens (including phenoxy) is 1. The van der Waals surface area contributed by atoms with Gasteiger partial charge in [-0.3, -0.25) is 19.8 Å². The summed E-state index contributed by atoms with van der Waals surface area (Å²) in [5, 5.41) is 13.5.